The number of halogens is 3. The van der Waals surface area contributed by atoms with Gasteiger partial charge >= 0.3 is 17.9 Å². The van der Waals surface area contributed by atoms with Crippen LogP contribution in [-0.4, -0.2) is 27.2 Å². The zero-order valence-corrected chi connectivity index (χ0v) is 22.2. The molecule has 1 aliphatic rings. The van der Waals surface area contributed by atoms with Gasteiger partial charge in [0, 0.05) is 11.1 Å². The predicted molar refractivity (Wildman–Crippen MR) is 149 cm³/mol. The smallest absolute Gasteiger partial charge is 0.440 e. The number of para-hydroxylation sites is 1. The fourth-order valence-electron chi connectivity index (χ4n) is 5.48. The third kappa shape index (κ3) is 4.50. The molecular formula is C32H21F3N2O5. The van der Waals surface area contributed by atoms with Crippen molar-refractivity contribution in [3.63, 3.8) is 0 Å². The minimum absolute atomic E-state index is 0.0374. The van der Waals surface area contributed by atoms with Gasteiger partial charge in [0.15, 0.2) is 11.4 Å². The van der Waals surface area contributed by atoms with Gasteiger partial charge in [0.1, 0.15) is 11.2 Å². The van der Waals surface area contributed by atoms with Crippen LogP contribution in [-0.2, 0) is 11.0 Å². The van der Waals surface area contributed by atoms with Crippen LogP contribution in [0.25, 0.3) is 22.2 Å². The summed E-state index contributed by atoms with van der Waals surface area (Å²) in [7, 11) is 0. The monoisotopic (exact) mass is 570 g/mol. The van der Waals surface area contributed by atoms with Crippen molar-refractivity contribution in [3.05, 3.63) is 128 Å². The van der Waals surface area contributed by atoms with Crippen LogP contribution < -0.4 is 5.76 Å². The highest BCUT2D eigenvalue weighted by molar-refractivity contribution is 6.51. The van der Waals surface area contributed by atoms with E-state index in [-0.39, 0.29) is 33.5 Å². The number of aryl methyl sites for hydroxylation is 2. The zero-order valence-electron chi connectivity index (χ0n) is 22.2. The lowest BCUT2D eigenvalue weighted by Gasteiger charge is -2.14. The van der Waals surface area contributed by atoms with E-state index in [1.165, 1.54) is 18.2 Å². The van der Waals surface area contributed by atoms with Gasteiger partial charge < -0.3 is 9.52 Å². The number of aromatic nitrogens is 1. The van der Waals surface area contributed by atoms with E-state index in [1.807, 2.05) is 19.9 Å². The second kappa shape index (κ2) is 9.69. The minimum Gasteiger partial charge on any atom is -0.478 e. The molecule has 7 nitrogen and oxygen atoms in total. The van der Waals surface area contributed by atoms with Gasteiger partial charge in [-0.2, -0.15) is 22.9 Å². The fraction of sp³-hybridized carbons (Fsp3) is 0.125. The summed E-state index contributed by atoms with van der Waals surface area (Å²) in [6.07, 6.45) is -4.63. The molecule has 0 aliphatic heterocycles. The molecule has 1 N–H and O–H groups in total. The highest BCUT2D eigenvalue weighted by Gasteiger charge is 2.41. The Hall–Kier alpha value is -5.25. The Bertz CT molecular complexity index is 2010. The summed E-state index contributed by atoms with van der Waals surface area (Å²) in [5, 5.41) is 13.8. The van der Waals surface area contributed by atoms with Crippen LogP contribution >= 0.6 is 0 Å². The second-order valence-electron chi connectivity index (χ2n) is 10.2. The SMILES string of the molecule is Cc1cc(C)cc(C2C(=O)/C(=N\n3c(=O)oc4c(-c5cccc(C(=O)O)c5)cccc43)c3ccc(C(F)(F)F)cc32)c1. The third-order valence-electron chi connectivity index (χ3n) is 7.22. The number of rotatable bonds is 4. The number of ketones is 1. The first-order valence-electron chi connectivity index (χ1n) is 12.8. The maximum Gasteiger partial charge on any atom is 0.440 e. The van der Waals surface area contributed by atoms with Gasteiger partial charge in [-0.1, -0.05) is 59.7 Å². The molecule has 0 bridgehead atoms. The Morgan fingerprint density at radius 1 is 0.905 bits per heavy atom. The lowest BCUT2D eigenvalue weighted by molar-refractivity contribution is -0.137. The summed E-state index contributed by atoms with van der Waals surface area (Å²) < 4.78 is 47.5. The van der Waals surface area contributed by atoms with Gasteiger partial charge in [0.2, 0.25) is 0 Å². The van der Waals surface area contributed by atoms with Crippen molar-refractivity contribution in [2.24, 2.45) is 5.10 Å². The van der Waals surface area contributed by atoms with Crippen molar-refractivity contribution >= 4 is 28.6 Å². The molecule has 0 saturated heterocycles. The predicted octanol–water partition coefficient (Wildman–Crippen LogP) is 6.56. The van der Waals surface area contributed by atoms with Crippen molar-refractivity contribution in [3.8, 4) is 11.1 Å². The van der Waals surface area contributed by atoms with Crippen molar-refractivity contribution in [2.75, 3.05) is 0 Å². The molecule has 0 saturated carbocycles. The van der Waals surface area contributed by atoms with Crippen molar-refractivity contribution in [1.29, 1.82) is 0 Å². The Labute approximate surface area is 236 Å². The van der Waals surface area contributed by atoms with E-state index in [2.05, 4.69) is 5.10 Å². The first-order valence-corrected chi connectivity index (χ1v) is 12.8. The Kier molecular flexibility index (Phi) is 6.22. The lowest BCUT2D eigenvalue weighted by atomic mass is 9.89. The Morgan fingerprint density at radius 3 is 2.31 bits per heavy atom. The molecule has 1 aromatic heterocycles. The number of oxazole rings is 1. The average Bonchev–Trinajstić information content (AvgIpc) is 3.40. The van der Waals surface area contributed by atoms with Crippen molar-refractivity contribution < 1.29 is 32.3 Å². The number of carboxylic acid groups (broad SMARTS) is 1. The van der Waals surface area contributed by atoms with Gasteiger partial charge in [-0.05, 0) is 60.9 Å². The molecule has 42 heavy (non-hydrogen) atoms. The third-order valence-corrected chi connectivity index (χ3v) is 7.22. The minimum atomic E-state index is -4.63. The second-order valence-corrected chi connectivity index (χ2v) is 10.2. The Morgan fingerprint density at radius 2 is 1.62 bits per heavy atom. The van der Waals surface area contributed by atoms with E-state index in [0.717, 1.165) is 27.9 Å². The molecule has 0 fully saturated rings. The van der Waals surface area contributed by atoms with Crippen LogP contribution in [0, 0.1) is 13.8 Å². The highest BCUT2D eigenvalue weighted by Crippen LogP contribution is 2.41. The molecule has 1 aliphatic carbocycles. The molecule has 10 heteroatoms. The number of benzene rings is 4. The largest absolute Gasteiger partial charge is 0.478 e. The first kappa shape index (κ1) is 26.9. The first-order chi connectivity index (χ1) is 19.9. The van der Waals surface area contributed by atoms with Crippen molar-refractivity contribution in [1.82, 2.24) is 4.68 Å². The number of aromatic carboxylic acids is 1. The number of hydrogen-bond donors (Lipinski definition) is 1. The van der Waals surface area contributed by atoms with E-state index in [9.17, 15) is 32.7 Å². The van der Waals surface area contributed by atoms with Gasteiger partial charge in [-0.25, -0.2) is 9.59 Å². The Balaban J connectivity index is 1.55. The molecule has 0 radical (unpaired) electrons. The maximum absolute atomic E-state index is 13.9. The number of carbonyl (C=O) groups excluding carboxylic acids is 1. The van der Waals surface area contributed by atoms with E-state index in [1.54, 1.807) is 42.5 Å². The molecule has 1 unspecified atom stereocenters. The number of nitrogens with zero attached hydrogens (tertiary/aromatic N) is 2. The number of Topliss-reactive ketones (excluding diaryl/α,β-unsaturated/α-hetero) is 1. The fourth-order valence-corrected chi connectivity index (χ4v) is 5.48. The molecular weight excluding hydrogens is 549 g/mol. The standard InChI is InChI=1S/C32H21F3N2O5/c1-16-11-17(2)13-20(12-16)26-24-15-21(32(33,34)35)9-10-23(24)27(28(26)38)36-37-25-8-4-7-22(29(25)42-31(37)41)18-5-3-6-19(14-18)30(39)40/h3-15,26H,1-2H3,(H,39,40)/b36-27-. The summed E-state index contributed by atoms with van der Waals surface area (Å²) in [4.78, 5) is 38.4. The van der Waals surface area contributed by atoms with Crippen LogP contribution in [0.1, 0.15) is 49.7 Å². The molecule has 0 spiro atoms. The number of carboxylic acids is 1. The number of alkyl halides is 3. The van der Waals surface area contributed by atoms with Crippen LogP contribution in [0.2, 0.25) is 0 Å². The van der Waals surface area contributed by atoms with E-state index in [0.29, 0.717) is 16.7 Å². The molecule has 210 valence electrons. The van der Waals surface area contributed by atoms with E-state index < -0.39 is 35.2 Å². The summed E-state index contributed by atoms with van der Waals surface area (Å²) >= 11 is 0. The normalized spacial score (nSPS) is 15.9. The van der Waals surface area contributed by atoms with Gasteiger partial charge in [0.05, 0.1) is 17.0 Å². The number of hydrogen-bond acceptors (Lipinski definition) is 5. The van der Waals surface area contributed by atoms with Gasteiger partial charge in [-0.3, -0.25) is 4.79 Å². The highest BCUT2D eigenvalue weighted by atomic mass is 19.4. The summed E-state index contributed by atoms with van der Waals surface area (Å²) in [5.74, 6) is -3.65. The van der Waals surface area contributed by atoms with Gasteiger partial charge in [-0.15, -0.1) is 0 Å². The van der Waals surface area contributed by atoms with Crippen LogP contribution in [0.5, 0.6) is 0 Å². The van der Waals surface area contributed by atoms with E-state index in [4.69, 9.17) is 4.42 Å². The molecule has 6 rings (SSSR count). The summed E-state index contributed by atoms with van der Waals surface area (Å²) in [6, 6.07) is 19.3. The molecule has 0 amide bonds. The van der Waals surface area contributed by atoms with Crippen LogP contribution in [0.4, 0.5) is 13.2 Å². The summed E-state index contributed by atoms with van der Waals surface area (Å²) in [5.41, 5.74) is 2.70. The average molecular weight is 571 g/mol. The zero-order chi connectivity index (χ0) is 29.9. The van der Waals surface area contributed by atoms with Crippen molar-refractivity contribution in [2.45, 2.75) is 25.9 Å². The molecule has 4 aromatic carbocycles. The molecule has 1 heterocycles. The van der Waals surface area contributed by atoms with Crippen LogP contribution in [0.15, 0.2) is 93.2 Å². The summed E-state index contributed by atoms with van der Waals surface area (Å²) in [6.45, 7) is 3.66. The van der Waals surface area contributed by atoms with E-state index >= 15 is 0 Å². The topological polar surface area (TPSA) is 102 Å². The van der Waals surface area contributed by atoms with Gasteiger partial charge in [0.25, 0.3) is 0 Å². The number of fused-ring (bicyclic) bond motifs is 2. The van der Waals surface area contributed by atoms with Crippen LogP contribution in [0.3, 0.4) is 0 Å². The maximum atomic E-state index is 13.9. The lowest BCUT2D eigenvalue weighted by Crippen LogP contribution is -2.19. The molecule has 5 aromatic rings. The number of carbonyl (C=O) groups is 2. The molecule has 1 atom stereocenters. The quantitative estimate of drug-likeness (QED) is 0.264.